The number of nitrogens with zero attached hydrogens (tertiary/aromatic N) is 3. The fourth-order valence-electron chi connectivity index (χ4n) is 2.89. The minimum Gasteiger partial charge on any atom is -0.366 e. The Morgan fingerprint density at radius 3 is 2.79 bits per heavy atom. The van der Waals surface area contributed by atoms with Crippen molar-refractivity contribution in [3.8, 4) is 6.07 Å². The maximum absolute atomic E-state index is 9.23. The van der Waals surface area contributed by atoms with Gasteiger partial charge in [0.2, 0.25) is 0 Å². The van der Waals surface area contributed by atoms with Crippen LogP contribution in [0.2, 0.25) is 0 Å². The lowest BCUT2D eigenvalue weighted by Gasteiger charge is -2.32. The van der Waals surface area contributed by atoms with E-state index in [9.17, 15) is 5.26 Å². The smallest absolute Gasteiger partial charge is 0.163 e. The van der Waals surface area contributed by atoms with Crippen LogP contribution in [0.15, 0.2) is 18.3 Å². The highest BCUT2D eigenvalue weighted by Crippen LogP contribution is 2.34. The number of hydrogen-bond donors (Lipinski definition) is 1. The Bertz CT molecular complexity index is 469. The van der Waals surface area contributed by atoms with Gasteiger partial charge in [-0.05, 0) is 56.8 Å². The number of nitrogens with one attached hydrogen (secondary N) is 1. The molecular weight excluding hydrogens is 236 g/mol. The predicted octanol–water partition coefficient (Wildman–Crippen LogP) is 1.92. The van der Waals surface area contributed by atoms with E-state index in [1.165, 1.54) is 25.7 Å². The average Bonchev–Trinajstić information content (AvgIpc) is 3.30. The number of aromatic nitrogens is 1. The molecule has 2 heterocycles. The summed E-state index contributed by atoms with van der Waals surface area (Å²) in [5.74, 6) is 0.744. The van der Waals surface area contributed by atoms with Gasteiger partial charge >= 0.3 is 0 Å². The Morgan fingerprint density at radius 2 is 2.11 bits per heavy atom. The molecule has 1 aromatic heterocycles. The van der Waals surface area contributed by atoms with E-state index in [0.717, 1.165) is 31.2 Å². The van der Waals surface area contributed by atoms with Crippen molar-refractivity contribution in [2.24, 2.45) is 5.92 Å². The minimum absolute atomic E-state index is 0.573. The zero-order chi connectivity index (χ0) is 13.1. The Kier molecular flexibility index (Phi) is 3.65. The second kappa shape index (κ2) is 5.58. The molecule has 0 unspecified atom stereocenters. The normalized spacial score (nSPS) is 19.9. The summed E-state index contributed by atoms with van der Waals surface area (Å²) in [5, 5.41) is 12.6. The van der Waals surface area contributed by atoms with E-state index in [1.807, 2.05) is 12.1 Å². The van der Waals surface area contributed by atoms with Crippen molar-refractivity contribution in [2.75, 3.05) is 24.5 Å². The summed E-state index contributed by atoms with van der Waals surface area (Å²) in [6, 6.07) is 6.85. The number of nitriles is 1. The van der Waals surface area contributed by atoms with Gasteiger partial charge in [-0.25, -0.2) is 4.98 Å². The van der Waals surface area contributed by atoms with Gasteiger partial charge in [0.1, 0.15) is 6.07 Å². The molecule has 100 valence electrons. The number of hydrogen-bond acceptors (Lipinski definition) is 4. The Balaban J connectivity index is 1.78. The van der Waals surface area contributed by atoms with Crippen LogP contribution in [-0.4, -0.2) is 30.7 Å². The highest BCUT2D eigenvalue weighted by molar-refractivity contribution is 5.57. The second-order valence-corrected chi connectivity index (χ2v) is 5.56. The standard InChI is InChI=1S/C15H20N4/c16-10-14-15(2-1-7-18-14)19(13-3-4-13)11-12-5-8-17-9-6-12/h1-2,7,12-13,17H,3-6,8-9,11H2. The van der Waals surface area contributed by atoms with Crippen LogP contribution in [-0.2, 0) is 0 Å². The molecule has 1 N–H and O–H groups in total. The molecule has 2 fully saturated rings. The van der Waals surface area contributed by atoms with Gasteiger partial charge < -0.3 is 10.2 Å². The Labute approximate surface area is 114 Å². The monoisotopic (exact) mass is 256 g/mol. The van der Waals surface area contributed by atoms with Gasteiger partial charge in [0.05, 0.1) is 5.69 Å². The van der Waals surface area contributed by atoms with E-state index in [2.05, 4.69) is 21.3 Å². The van der Waals surface area contributed by atoms with Crippen molar-refractivity contribution in [1.82, 2.24) is 10.3 Å². The van der Waals surface area contributed by atoms with Gasteiger partial charge in [0.15, 0.2) is 5.69 Å². The molecule has 0 amide bonds. The molecule has 1 aliphatic heterocycles. The molecule has 4 heteroatoms. The zero-order valence-corrected chi connectivity index (χ0v) is 11.2. The summed E-state index contributed by atoms with van der Waals surface area (Å²) in [4.78, 5) is 6.64. The van der Waals surface area contributed by atoms with Crippen molar-refractivity contribution in [1.29, 1.82) is 5.26 Å². The Morgan fingerprint density at radius 1 is 1.32 bits per heavy atom. The zero-order valence-electron chi connectivity index (χ0n) is 11.2. The van der Waals surface area contributed by atoms with Crippen LogP contribution < -0.4 is 10.2 Å². The lowest BCUT2D eigenvalue weighted by Crippen LogP contribution is -2.37. The molecule has 3 rings (SSSR count). The first kappa shape index (κ1) is 12.4. The van der Waals surface area contributed by atoms with Crippen molar-refractivity contribution in [2.45, 2.75) is 31.7 Å². The molecule has 0 bridgehead atoms. The summed E-state index contributed by atoms with van der Waals surface area (Å²) in [6.07, 6.45) is 6.70. The quantitative estimate of drug-likeness (QED) is 0.894. The lowest BCUT2D eigenvalue weighted by atomic mass is 9.97. The highest BCUT2D eigenvalue weighted by Gasteiger charge is 2.32. The van der Waals surface area contributed by atoms with Crippen molar-refractivity contribution in [3.05, 3.63) is 24.0 Å². The van der Waals surface area contributed by atoms with Crippen LogP contribution in [0.1, 0.15) is 31.4 Å². The van der Waals surface area contributed by atoms with E-state index in [4.69, 9.17) is 0 Å². The summed E-state index contributed by atoms with van der Waals surface area (Å²) < 4.78 is 0. The molecule has 0 spiro atoms. The highest BCUT2D eigenvalue weighted by atomic mass is 15.2. The Hall–Kier alpha value is -1.60. The average molecular weight is 256 g/mol. The van der Waals surface area contributed by atoms with Crippen LogP contribution in [0.5, 0.6) is 0 Å². The summed E-state index contributed by atoms with van der Waals surface area (Å²) in [5.41, 5.74) is 1.61. The summed E-state index contributed by atoms with van der Waals surface area (Å²) in [7, 11) is 0. The third kappa shape index (κ3) is 2.87. The largest absolute Gasteiger partial charge is 0.366 e. The van der Waals surface area contributed by atoms with E-state index in [1.54, 1.807) is 6.20 Å². The third-order valence-electron chi connectivity index (χ3n) is 4.10. The van der Waals surface area contributed by atoms with Gasteiger partial charge in [0, 0.05) is 18.8 Å². The predicted molar refractivity (Wildman–Crippen MR) is 74.9 cm³/mol. The molecule has 0 aromatic carbocycles. The topological polar surface area (TPSA) is 52.0 Å². The van der Waals surface area contributed by atoms with Crippen LogP contribution in [0.25, 0.3) is 0 Å². The molecule has 2 aliphatic rings. The van der Waals surface area contributed by atoms with Crippen LogP contribution in [0.4, 0.5) is 5.69 Å². The molecule has 1 saturated carbocycles. The molecule has 0 atom stereocenters. The van der Waals surface area contributed by atoms with Gasteiger partial charge in [0.25, 0.3) is 0 Å². The molecule has 1 aromatic rings. The number of anilines is 1. The SMILES string of the molecule is N#Cc1ncccc1N(CC1CCNCC1)C1CC1. The number of rotatable bonds is 4. The van der Waals surface area contributed by atoms with Gasteiger partial charge in [-0.15, -0.1) is 0 Å². The van der Waals surface area contributed by atoms with Gasteiger partial charge in [-0.3, -0.25) is 0 Å². The van der Waals surface area contributed by atoms with E-state index >= 15 is 0 Å². The lowest BCUT2D eigenvalue weighted by molar-refractivity contribution is 0.372. The van der Waals surface area contributed by atoms with E-state index in [-0.39, 0.29) is 0 Å². The minimum atomic E-state index is 0.573. The molecule has 19 heavy (non-hydrogen) atoms. The van der Waals surface area contributed by atoms with Crippen molar-refractivity contribution < 1.29 is 0 Å². The number of piperidine rings is 1. The fraction of sp³-hybridized carbons (Fsp3) is 0.600. The van der Waals surface area contributed by atoms with Crippen LogP contribution >= 0.6 is 0 Å². The summed E-state index contributed by atoms with van der Waals surface area (Å²) >= 11 is 0. The molecule has 0 radical (unpaired) electrons. The number of pyridine rings is 1. The van der Waals surface area contributed by atoms with E-state index in [0.29, 0.717) is 11.7 Å². The first-order valence-corrected chi connectivity index (χ1v) is 7.21. The first-order chi connectivity index (χ1) is 9.38. The first-order valence-electron chi connectivity index (χ1n) is 7.21. The van der Waals surface area contributed by atoms with E-state index < -0.39 is 0 Å². The second-order valence-electron chi connectivity index (χ2n) is 5.56. The van der Waals surface area contributed by atoms with Gasteiger partial charge in [-0.1, -0.05) is 0 Å². The third-order valence-corrected chi connectivity index (χ3v) is 4.10. The van der Waals surface area contributed by atoms with Crippen molar-refractivity contribution >= 4 is 5.69 Å². The van der Waals surface area contributed by atoms with Crippen LogP contribution in [0.3, 0.4) is 0 Å². The molecule has 1 aliphatic carbocycles. The maximum atomic E-state index is 9.23. The molecule has 1 saturated heterocycles. The molecular formula is C15H20N4. The summed E-state index contributed by atoms with van der Waals surface area (Å²) in [6.45, 7) is 3.33. The van der Waals surface area contributed by atoms with Crippen LogP contribution in [0, 0.1) is 17.2 Å². The van der Waals surface area contributed by atoms with Crippen molar-refractivity contribution in [3.63, 3.8) is 0 Å². The fourth-order valence-corrected chi connectivity index (χ4v) is 2.89. The van der Waals surface area contributed by atoms with Gasteiger partial charge in [-0.2, -0.15) is 5.26 Å². The maximum Gasteiger partial charge on any atom is 0.163 e. The molecule has 4 nitrogen and oxygen atoms in total.